The molecule has 4 rings (SSSR count). The number of nitrogens with two attached hydrogens (primary N) is 1. The average Bonchev–Trinajstić information content (AvgIpc) is 3.36. The molecule has 1 aromatic carbocycles. The maximum absolute atomic E-state index is 12.6. The van der Waals surface area contributed by atoms with Gasteiger partial charge in [-0.05, 0) is 24.6 Å². The Morgan fingerprint density at radius 1 is 1.28 bits per heavy atom. The fourth-order valence-electron chi connectivity index (χ4n) is 3.13. The van der Waals surface area contributed by atoms with Gasteiger partial charge in [0.1, 0.15) is 12.0 Å². The number of nitrogens with zero attached hydrogens (tertiary/aromatic N) is 4. The van der Waals surface area contributed by atoms with Gasteiger partial charge in [0, 0.05) is 35.0 Å². The summed E-state index contributed by atoms with van der Waals surface area (Å²) in [5, 5.41) is 7.27. The molecule has 3 aromatic heterocycles. The molecule has 29 heavy (non-hydrogen) atoms. The summed E-state index contributed by atoms with van der Waals surface area (Å²) >= 11 is 12.5. The Bertz CT molecular complexity index is 1200. The van der Waals surface area contributed by atoms with E-state index < -0.39 is 5.91 Å². The van der Waals surface area contributed by atoms with E-state index in [1.807, 2.05) is 13.0 Å². The Labute approximate surface area is 175 Å². The van der Waals surface area contributed by atoms with Gasteiger partial charge in [0.05, 0.1) is 16.4 Å². The molecule has 0 atom stereocenters. The van der Waals surface area contributed by atoms with E-state index in [1.54, 1.807) is 22.7 Å². The molecule has 0 aliphatic heterocycles. The molecule has 0 aliphatic rings. The molecule has 0 spiro atoms. The van der Waals surface area contributed by atoms with E-state index in [0.717, 1.165) is 22.5 Å². The first-order chi connectivity index (χ1) is 14.0. The quantitative estimate of drug-likeness (QED) is 0.495. The maximum Gasteiger partial charge on any atom is 0.277 e. The number of carbonyl (C=O) groups excluding carboxylic acids is 1. The van der Waals surface area contributed by atoms with Crippen LogP contribution in [0.2, 0.25) is 10.0 Å². The van der Waals surface area contributed by atoms with Crippen LogP contribution in [0.1, 0.15) is 28.7 Å². The van der Waals surface area contributed by atoms with Gasteiger partial charge in [-0.15, -0.1) is 0 Å². The van der Waals surface area contributed by atoms with Crippen LogP contribution in [0.15, 0.2) is 41.2 Å². The summed E-state index contributed by atoms with van der Waals surface area (Å²) in [5.74, 6) is 0.216. The van der Waals surface area contributed by atoms with E-state index in [2.05, 4.69) is 20.4 Å². The molecule has 0 saturated carbocycles. The molecule has 3 heterocycles. The summed E-state index contributed by atoms with van der Waals surface area (Å²) in [6.07, 6.45) is 3.60. The summed E-state index contributed by atoms with van der Waals surface area (Å²) in [5.41, 5.74) is 9.28. The molecular formula is C19H16Cl2N6O2. The molecule has 0 unspecified atom stereocenters. The van der Waals surface area contributed by atoms with Crippen molar-refractivity contribution in [3.63, 3.8) is 0 Å². The van der Waals surface area contributed by atoms with E-state index in [-0.39, 0.29) is 18.1 Å². The fourth-order valence-corrected chi connectivity index (χ4v) is 3.63. The van der Waals surface area contributed by atoms with Crippen molar-refractivity contribution >= 4 is 40.7 Å². The SMILES string of the molecule is CCc1nc2nc(C(=O)Nc3ccon3)cn2c(-c2ccc(Cl)cc2Cl)c1CN. The van der Waals surface area contributed by atoms with Crippen molar-refractivity contribution in [2.45, 2.75) is 19.9 Å². The van der Waals surface area contributed by atoms with Crippen LogP contribution in [-0.2, 0) is 13.0 Å². The van der Waals surface area contributed by atoms with Gasteiger partial charge in [0.2, 0.25) is 5.78 Å². The van der Waals surface area contributed by atoms with Gasteiger partial charge >= 0.3 is 0 Å². The molecule has 0 saturated heterocycles. The molecule has 0 radical (unpaired) electrons. The largest absolute Gasteiger partial charge is 0.363 e. The first-order valence-corrected chi connectivity index (χ1v) is 9.55. The summed E-state index contributed by atoms with van der Waals surface area (Å²) < 4.78 is 6.44. The number of hydrogen-bond acceptors (Lipinski definition) is 6. The van der Waals surface area contributed by atoms with Crippen molar-refractivity contribution in [2.75, 3.05) is 5.32 Å². The Morgan fingerprint density at radius 3 is 2.76 bits per heavy atom. The van der Waals surface area contributed by atoms with Gasteiger partial charge in [-0.1, -0.05) is 35.3 Å². The number of fused-ring (bicyclic) bond motifs is 1. The zero-order chi connectivity index (χ0) is 20.5. The lowest BCUT2D eigenvalue weighted by Gasteiger charge is -2.15. The lowest BCUT2D eigenvalue weighted by atomic mass is 10.0. The van der Waals surface area contributed by atoms with Crippen LogP contribution in [0.3, 0.4) is 0 Å². The predicted octanol–water partition coefficient (Wildman–Crippen LogP) is 3.96. The Morgan fingerprint density at radius 2 is 2.10 bits per heavy atom. The van der Waals surface area contributed by atoms with Crippen molar-refractivity contribution in [3.05, 3.63) is 63.7 Å². The molecule has 4 aromatic rings. The number of rotatable bonds is 5. The Hall–Kier alpha value is -2.94. The zero-order valence-corrected chi connectivity index (χ0v) is 16.8. The van der Waals surface area contributed by atoms with Gasteiger partial charge in [0.25, 0.3) is 5.91 Å². The van der Waals surface area contributed by atoms with E-state index in [1.165, 1.54) is 12.3 Å². The number of carbonyl (C=O) groups is 1. The zero-order valence-electron chi connectivity index (χ0n) is 15.3. The number of nitrogens with one attached hydrogen (secondary N) is 1. The predicted molar refractivity (Wildman–Crippen MR) is 110 cm³/mol. The van der Waals surface area contributed by atoms with E-state index >= 15 is 0 Å². The minimum atomic E-state index is -0.440. The number of halogens is 2. The summed E-state index contributed by atoms with van der Waals surface area (Å²) in [6.45, 7) is 2.23. The molecule has 0 bridgehead atoms. The van der Waals surface area contributed by atoms with Crippen molar-refractivity contribution in [1.29, 1.82) is 0 Å². The monoisotopic (exact) mass is 430 g/mol. The number of benzene rings is 1. The normalized spacial score (nSPS) is 11.2. The second-order valence-electron chi connectivity index (χ2n) is 6.20. The van der Waals surface area contributed by atoms with Crippen molar-refractivity contribution in [3.8, 4) is 11.3 Å². The van der Waals surface area contributed by atoms with Crippen LogP contribution in [0.5, 0.6) is 0 Å². The van der Waals surface area contributed by atoms with Crippen molar-refractivity contribution < 1.29 is 9.32 Å². The number of imidazole rings is 1. The van der Waals surface area contributed by atoms with Gasteiger partial charge in [0.15, 0.2) is 5.82 Å². The third-order valence-electron chi connectivity index (χ3n) is 4.43. The average molecular weight is 431 g/mol. The fraction of sp³-hybridized carbons (Fsp3) is 0.158. The van der Waals surface area contributed by atoms with Crippen LogP contribution in [0.4, 0.5) is 5.82 Å². The maximum atomic E-state index is 12.6. The van der Waals surface area contributed by atoms with E-state index in [0.29, 0.717) is 22.2 Å². The molecule has 1 amide bonds. The number of aromatic nitrogens is 4. The van der Waals surface area contributed by atoms with E-state index in [4.69, 9.17) is 33.5 Å². The van der Waals surface area contributed by atoms with Crippen LogP contribution in [0, 0.1) is 0 Å². The highest BCUT2D eigenvalue weighted by Crippen LogP contribution is 2.34. The lowest BCUT2D eigenvalue weighted by Crippen LogP contribution is -2.12. The topological polar surface area (TPSA) is 111 Å². The van der Waals surface area contributed by atoms with Crippen LogP contribution in [-0.4, -0.2) is 25.4 Å². The van der Waals surface area contributed by atoms with Gasteiger partial charge in [-0.2, -0.15) is 0 Å². The van der Waals surface area contributed by atoms with Crippen molar-refractivity contribution in [1.82, 2.24) is 19.5 Å². The second-order valence-corrected chi connectivity index (χ2v) is 7.05. The first kappa shape index (κ1) is 19.4. The number of hydrogen-bond donors (Lipinski definition) is 2. The number of aryl methyl sites for hydroxylation is 1. The lowest BCUT2D eigenvalue weighted by molar-refractivity contribution is 0.102. The second kappa shape index (κ2) is 7.82. The van der Waals surface area contributed by atoms with Gasteiger partial charge < -0.3 is 15.6 Å². The minimum absolute atomic E-state index is 0.170. The molecule has 148 valence electrons. The molecule has 8 nitrogen and oxygen atoms in total. The molecule has 3 N–H and O–H groups in total. The molecule has 0 aliphatic carbocycles. The molecule has 10 heteroatoms. The third kappa shape index (κ3) is 3.57. The molecular weight excluding hydrogens is 415 g/mol. The standard InChI is InChI=1S/C19H16Cl2N6O2/c1-2-14-12(8-22)17(11-4-3-10(20)7-13(11)21)27-9-15(24-19(27)23-14)18(28)25-16-5-6-29-26-16/h3-7,9H,2,8,22H2,1H3,(H,25,26,28). The first-order valence-electron chi connectivity index (χ1n) is 8.79. The van der Waals surface area contributed by atoms with E-state index in [9.17, 15) is 4.79 Å². The van der Waals surface area contributed by atoms with Crippen LogP contribution in [0.25, 0.3) is 17.0 Å². The highest BCUT2D eigenvalue weighted by Gasteiger charge is 2.21. The Kier molecular flexibility index (Phi) is 5.23. The highest BCUT2D eigenvalue weighted by atomic mass is 35.5. The van der Waals surface area contributed by atoms with Crippen LogP contribution >= 0.6 is 23.2 Å². The highest BCUT2D eigenvalue weighted by molar-refractivity contribution is 6.36. The number of amides is 1. The summed E-state index contributed by atoms with van der Waals surface area (Å²) in [6, 6.07) is 6.75. The molecule has 0 fully saturated rings. The van der Waals surface area contributed by atoms with Crippen molar-refractivity contribution in [2.24, 2.45) is 5.73 Å². The third-order valence-corrected chi connectivity index (χ3v) is 4.98. The van der Waals surface area contributed by atoms with Gasteiger partial charge in [-0.3, -0.25) is 9.20 Å². The van der Waals surface area contributed by atoms with Crippen LogP contribution < -0.4 is 11.1 Å². The number of anilines is 1. The minimum Gasteiger partial charge on any atom is -0.363 e. The smallest absolute Gasteiger partial charge is 0.277 e. The summed E-state index contributed by atoms with van der Waals surface area (Å²) in [4.78, 5) is 21.6. The Balaban J connectivity index is 1.92. The summed E-state index contributed by atoms with van der Waals surface area (Å²) in [7, 11) is 0. The van der Waals surface area contributed by atoms with Gasteiger partial charge in [-0.25, -0.2) is 9.97 Å².